The summed E-state index contributed by atoms with van der Waals surface area (Å²) < 4.78 is 0. The first-order valence-corrected chi connectivity index (χ1v) is 7.51. The Morgan fingerprint density at radius 2 is 2.24 bits per heavy atom. The van der Waals surface area contributed by atoms with Crippen molar-refractivity contribution in [2.45, 2.75) is 25.9 Å². The van der Waals surface area contributed by atoms with Gasteiger partial charge in [-0.25, -0.2) is 0 Å². The van der Waals surface area contributed by atoms with Crippen LogP contribution in [-0.4, -0.2) is 40.1 Å². The lowest BCUT2D eigenvalue weighted by Crippen LogP contribution is -2.45. The smallest absolute Gasteiger partial charge is 0.254 e. The van der Waals surface area contributed by atoms with Crippen LogP contribution >= 0.6 is 0 Å². The zero-order valence-electron chi connectivity index (χ0n) is 12.2. The second-order valence-corrected chi connectivity index (χ2v) is 5.65. The van der Waals surface area contributed by atoms with E-state index in [-0.39, 0.29) is 17.9 Å². The molecule has 0 aliphatic carbocycles. The molecule has 1 aromatic carbocycles. The highest BCUT2D eigenvalue weighted by Gasteiger charge is 2.29. The molecule has 2 aromatic rings. The highest BCUT2D eigenvalue weighted by molar-refractivity contribution is 6.06. The number of hydrogen-bond acceptors (Lipinski definition) is 3. The standard InChI is InChI=1S/C17H20N2O2/c1-2-12-11-19(10-8-16(12)20)17(21)14-5-3-7-15-13(14)6-4-9-18-15/h3-7,9,12,16,20H,2,8,10-11H2,1H3. The first kappa shape index (κ1) is 14.0. The molecule has 2 atom stereocenters. The monoisotopic (exact) mass is 284 g/mol. The highest BCUT2D eigenvalue weighted by atomic mass is 16.3. The number of aliphatic hydroxyl groups excluding tert-OH is 1. The van der Waals surface area contributed by atoms with Crippen molar-refractivity contribution >= 4 is 16.8 Å². The fraction of sp³-hybridized carbons (Fsp3) is 0.412. The molecule has 1 saturated heterocycles. The number of aromatic nitrogens is 1. The number of hydrogen-bond donors (Lipinski definition) is 1. The third-order valence-electron chi connectivity index (χ3n) is 4.38. The quantitative estimate of drug-likeness (QED) is 0.921. The largest absolute Gasteiger partial charge is 0.393 e. The first-order valence-electron chi connectivity index (χ1n) is 7.51. The topological polar surface area (TPSA) is 53.4 Å². The molecule has 0 saturated carbocycles. The molecule has 110 valence electrons. The van der Waals surface area contributed by atoms with Gasteiger partial charge in [0.05, 0.1) is 11.6 Å². The van der Waals surface area contributed by atoms with Crippen LogP contribution in [0, 0.1) is 5.92 Å². The number of aliphatic hydroxyl groups is 1. The second-order valence-electron chi connectivity index (χ2n) is 5.65. The van der Waals surface area contributed by atoms with E-state index in [1.807, 2.05) is 35.2 Å². The fourth-order valence-corrected chi connectivity index (χ4v) is 3.07. The summed E-state index contributed by atoms with van der Waals surface area (Å²) in [6.07, 6.45) is 3.00. The summed E-state index contributed by atoms with van der Waals surface area (Å²) in [5.74, 6) is 0.217. The number of fused-ring (bicyclic) bond motifs is 1. The SMILES string of the molecule is CCC1CN(C(=O)c2cccc3ncccc23)CCC1O. The summed E-state index contributed by atoms with van der Waals surface area (Å²) in [6.45, 7) is 3.31. The number of benzene rings is 1. The molecule has 1 aliphatic heterocycles. The Kier molecular flexibility index (Phi) is 3.88. The van der Waals surface area contributed by atoms with Crippen LogP contribution in [0.2, 0.25) is 0 Å². The molecular formula is C17H20N2O2. The summed E-state index contributed by atoms with van der Waals surface area (Å²) in [5, 5.41) is 10.9. The molecule has 1 aromatic heterocycles. The number of carbonyl (C=O) groups excluding carboxylic acids is 1. The van der Waals surface area contributed by atoms with Crippen molar-refractivity contribution in [1.82, 2.24) is 9.88 Å². The molecule has 0 spiro atoms. The highest BCUT2D eigenvalue weighted by Crippen LogP contribution is 2.24. The Morgan fingerprint density at radius 1 is 1.38 bits per heavy atom. The summed E-state index contributed by atoms with van der Waals surface area (Å²) >= 11 is 0. The molecule has 4 heteroatoms. The predicted octanol–water partition coefficient (Wildman–Crippen LogP) is 2.47. The molecule has 2 heterocycles. The number of carbonyl (C=O) groups is 1. The first-order chi connectivity index (χ1) is 10.2. The van der Waals surface area contributed by atoms with Gasteiger partial charge in [0.15, 0.2) is 0 Å². The molecule has 0 radical (unpaired) electrons. The van der Waals surface area contributed by atoms with Crippen LogP contribution in [0.1, 0.15) is 30.1 Å². The Morgan fingerprint density at radius 3 is 3.05 bits per heavy atom. The summed E-state index contributed by atoms with van der Waals surface area (Å²) in [4.78, 5) is 19.0. The lowest BCUT2D eigenvalue weighted by atomic mass is 9.92. The number of likely N-dealkylation sites (tertiary alicyclic amines) is 1. The van der Waals surface area contributed by atoms with Crippen molar-refractivity contribution in [3.05, 3.63) is 42.1 Å². The zero-order chi connectivity index (χ0) is 14.8. The summed E-state index contributed by atoms with van der Waals surface area (Å²) in [5.41, 5.74) is 1.54. The molecule has 1 aliphatic rings. The maximum absolute atomic E-state index is 12.8. The normalized spacial score (nSPS) is 22.5. The van der Waals surface area contributed by atoms with E-state index < -0.39 is 0 Å². The second kappa shape index (κ2) is 5.82. The van der Waals surface area contributed by atoms with E-state index in [4.69, 9.17) is 0 Å². The number of rotatable bonds is 2. The fourth-order valence-electron chi connectivity index (χ4n) is 3.07. The van der Waals surface area contributed by atoms with Gasteiger partial charge < -0.3 is 10.0 Å². The van der Waals surface area contributed by atoms with E-state index in [1.54, 1.807) is 6.20 Å². The third kappa shape index (κ3) is 2.63. The molecule has 1 amide bonds. The van der Waals surface area contributed by atoms with Crippen molar-refractivity contribution in [2.24, 2.45) is 5.92 Å². The van der Waals surface area contributed by atoms with Gasteiger partial charge in [0.25, 0.3) is 5.91 Å². The van der Waals surface area contributed by atoms with Crippen LogP contribution in [0.15, 0.2) is 36.5 Å². The summed E-state index contributed by atoms with van der Waals surface area (Å²) in [7, 11) is 0. The lowest BCUT2D eigenvalue weighted by molar-refractivity contribution is 0.0230. The number of pyridine rings is 1. The van der Waals surface area contributed by atoms with Crippen LogP contribution in [0.25, 0.3) is 10.9 Å². The van der Waals surface area contributed by atoms with Gasteiger partial charge in [-0.15, -0.1) is 0 Å². The third-order valence-corrected chi connectivity index (χ3v) is 4.38. The minimum absolute atomic E-state index is 0.0407. The van der Waals surface area contributed by atoms with Gasteiger partial charge in [-0.3, -0.25) is 9.78 Å². The van der Waals surface area contributed by atoms with Crippen molar-refractivity contribution in [3.8, 4) is 0 Å². The summed E-state index contributed by atoms with van der Waals surface area (Å²) in [6, 6.07) is 9.44. The molecule has 3 rings (SSSR count). The maximum Gasteiger partial charge on any atom is 0.254 e. The van der Waals surface area contributed by atoms with E-state index in [1.165, 1.54) is 0 Å². The number of piperidine rings is 1. The van der Waals surface area contributed by atoms with E-state index in [0.29, 0.717) is 25.1 Å². The van der Waals surface area contributed by atoms with Crippen molar-refractivity contribution < 1.29 is 9.90 Å². The van der Waals surface area contributed by atoms with E-state index >= 15 is 0 Å². The van der Waals surface area contributed by atoms with E-state index in [2.05, 4.69) is 11.9 Å². The minimum atomic E-state index is -0.284. The number of nitrogens with zero attached hydrogens (tertiary/aromatic N) is 2. The van der Waals surface area contributed by atoms with Gasteiger partial charge in [0.1, 0.15) is 0 Å². The van der Waals surface area contributed by atoms with Gasteiger partial charge in [0, 0.05) is 36.2 Å². The van der Waals surface area contributed by atoms with Crippen LogP contribution < -0.4 is 0 Å². The molecule has 4 nitrogen and oxygen atoms in total. The predicted molar refractivity (Wildman–Crippen MR) is 82.1 cm³/mol. The molecule has 0 bridgehead atoms. The lowest BCUT2D eigenvalue weighted by Gasteiger charge is -2.36. The average molecular weight is 284 g/mol. The molecule has 2 unspecified atom stereocenters. The van der Waals surface area contributed by atoms with Gasteiger partial charge in [-0.1, -0.05) is 19.1 Å². The van der Waals surface area contributed by atoms with Crippen molar-refractivity contribution in [1.29, 1.82) is 0 Å². The molecule has 1 fully saturated rings. The van der Waals surface area contributed by atoms with Gasteiger partial charge in [-0.05, 0) is 31.0 Å². The Hall–Kier alpha value is -1.94. The van der Waals surface area contributed by atoms with Crippen LogP contribution in [0.4, 0.5) is 0 Å². The van der Waals surface area contributed by atoms with Crippen molar-refractivity contribution in [3.63, 3.8) is 0 Å². The van der Waals surface area contributed by atoms with Gasteiger partial charge in [-0.2, -0.15) is 0 Å². The van der Waals surface area contributed by atoms with Crippen LogP contribution in [0.5, 0.6) is 0 Å². The average Bonchev–Trinajstić information content (AvgIpc) is 2.54. The Labute approximate surface area is 124 Å². The maximum atomic E-state index is 12.8. The van der Waals surface area contributed by atoms with Crippen molar-refractivity contribution in [2.75, 3.05) is 13.1 Å². The van der Waals surface area contributed by atoms with Gasteiger partial charge >= 0.3 is 0 Å². The molecular weight excluding hydrogens is 264 g/mol. The Balaban J connectivity index is 1.90. The number of amides is 1. The van der Waals surface area contributed by atoms with Gasteiger partial charge in [0.2, 0.25) is 0 Å². The minimum Gasteiger partial charge on any atom is -0.393 e. The molecule has 21 heavy (non-hydrogen) atoms. The zero-order valence-corrected chi connectivity index (χ0v) is 12.2. The Bertz CT molecular complexity index is 651. The van der Waals surface area contributed by atoms with E-state index in [9.17, 15) is 9.90 Å². The molecule has 1 N–H and O–H groups in total. The van der Waals surface area contributed by atoms with Crippen LogP contribution in [-0.2, 0) is 0 Å². The van der Waals surface area contributed by atoms with Crippen LogP contribution in [0.3, 0.4) is 0 Å². The van der Waals surface area contributed by atoms with E-state index in [0.717, 1.165) is 17.3 Å².